The molecule has 0 bridgehead atoms. The lowest BCUT2D eigenvalue weighted by Crippen LogP contribution is -2.41. The van der Waals surface area contributed by atoms with Gasteiger partial charge in [0.05, 0.1) is 13.1 Å². The molecule has 0 unspecified atom stereocenters. The van der Waals surface area contributed by atoms with E-state index in [1.807, 2.05) is 204 Å². The number of carbonyl (C=O) groups excluding carboxylic acids is 2. The summed E-state index contributed by atoms with van der Waals surface area (Å²) in [5.74, 6) is 1.47. The number of hydrogen-bond acceptors (Lipinski definition) is 6. The first-order chi connectivity index (χ1) is 32.5. The Balaban J connectivity index is 0.000000166. The first-order valence-electron chi connectivity index (χ1n) is 22.0. The molecule has 0 saturated heterocycles. The molecule has 0 N–H and O–H groups in total. The van der Waals surface area contributed by atoms with Crippen LogP contribution in [0.5, 0.6) is 0 Å². The molecule has 0 spiro atoms. The molecule has 8 heteroatoms. The van der Waals surface area contributed by atoms with Crippen LogP contribution in [0.15, 0.2) is 253 Å². The van der Waals surface area contributed by atoms with Crippen LogP contribution in [0, 0.1) is 0 Å². The molecule has 0 saturated carbocycles. The average molecular weight is 897 g/mol. The third-order valence-corrected chi connectivity index (χ3v) is 13.7. The molecular formula is C58H48N4O2S2. The van der Waals surface area contributed by atoms with E-state index in [4.69, 9.17) is 9.98 Å². The Kier molecular flexibility index (Phi) is 13.8. The number of hydrogen-bond donors (Lipinski definition) is 0. The van der Waals surface area contributed by atoms with Gasteiger partial charge < -0.3 is 0 Å². The number of aliphatic imine (C=N–C) groups is 2. The molecule has 0 fully saturated rings. The molecule has 8 aromatic carbocycles. The van der Waals surface area contributed by atoms with Gasteiger partial charge in [0.15, 0.2) is 21.4 Å². The van der Waals surface area contributed by atoms with Crippen LogP contribution in [0.1, 0.15) is 44.5 Å². The molecule has 66 heavy (non-hydrogen) atoms. The van der Waals surface area contributed by atoms with E-state index < -0.39 is 11.1 Å². The second kappa shape index (κ2) is 20.7. The minimum Gasteiger partial charge on any atom is -0.284 e. The highest BCUT2D eigenvalue weighted by atomic mass is 32.2. The smallest absolute Gasteiger partial charge is 0.266 e. The molecule has 8 aromatic rings. The summed E-state index contributed by atoms with van der Waals surface area (Å²) < 4.78 is 0. The maximum Gasteiger partial charge on any atom is 0.266 e. The fourth-order valence-corrected chi connectivity index (χ4v) is 10.3. The highest BCUT2D eigenvalue weighted by molar-refractivity contribution is 8.13. The molecule has 2 amide bonds. The largest absolute Gasteiger partial charge is 0.284 e. The number of thioether (sulfide) groups is 2. The van der Waals surface area contributed by atoms with Gasteiger partial charge in [0, 0.05) is 11.5 Å². The minimum absolute atomic E-state index is 0.0145. The second-order valence-corrected chi connectivity index (χ2v) is 17.9. The van der Waals surface area contributed by atoms with Gasteiger partial charge in [0.2, 0.25) is 0 Å². The summed E-state index contributed by atoms with van der Waals surface area (Å²) in [5, 5.41) is 1.50. The van der Waals surface area contributed by atoms with Crippen molar-refractivity contribution in [1.29, 1.82) is 0 Å². The zero-order valence-corrected chi connectivity index (χ0v) is 38.0. The molecule has 2 aliphatic heterocycles. The quantitative estimate of drug-likeness (QED) is 0.123. The lowest BCUT2D eigenvalue weighted by Gasteiger charge is -2.27. The van der Waals surface area contributed by atoms with Gasteiger partial charge in [0.25, 0.3) is 11.8 Å². The number of amides is 2. The zero-order chi connectivity index (χ0) is 45.0. The molecule has 324 valence electrons. The van der Waals surface area contributed by atoms with Gasteiger partial charge in [-0.05, 0) is 44.5 Å². The van der Waals surface area contributed by atoms with Crippen molar-refractivity contribution in [1.82, 2.24) is 9.80 Å². The third kappa shape index (κ3) is 9.43. The Bertz CT molecular complexity index is 2610. The Morgan fingerprint density at radius 2 is 0.545 bits per heavy atom. The van der Waals surface area contributed by atoms with E-state index in [1.165, 1.54) is 11.1 Å². The number of amidine groups is 2. The summed E-state index contributed by atoms with van der Waals surface area (Å²) in [4.78, 5) is 42.6. The number of rotatable bonds is 12. The maximum atomic E-state index is 14.3. The van der Waals surface area contributed by atoms with Crippen LogP contribution in [0.4, 0.5) is 0 Å². The summed E-state index contributed by atoms with van der Waals surface area (Å²) in [6, 6.07) is 80.5. The number of nitrogens with zero attached hydrogens (tertiary/aromatic N) is 4. The normalized spacial score (nSPS) is 14.8. The molecule has 2 aliphatic rings. The minimum atomic E-state index is -1.09. The highest BCUT2D eigenvalue weighted by Crippen LogP contribution is 2.44. The Labute approximate surface area is 395 Å². The highest BCUT2D eigenvalue weighted by Gasteiger charge is 2.52. The van der Waals surface area contributed by atoms with Crippen LogP contribution in [0.3, 0.4) is 0 Å². The molecule has 0 aromatic heterocycles. The molecule has 0 aliphatic carbocycles. The molecular weight excluding hydrogens is 849 g/mol. The van der Waals surface area contributed by atoms with E-state index >= 15 is 0 Å². The molecule has 0 atom stereocenters. The van der Waals surface area contributed by atoms with Crippen LogP contribution >= 0.6 is 23.5 Å². The number of benzene rings is 8. The zero-order valence-electron chi connectivity index (χ0n) is 36.3. The summed E-state index contributed by atoms with van der Waals surface area (Å²) in [6.45, 7) is 0.976. The van der Waals surface area contributed by atoms with E-state index in [2.05, 4.69) is 48.5 Å². The predicted molar refractivity (Wildman–Crippen MR) is 272 cm³/mol. The van der Waals surface area contributed by atoms with Crippen molar-refractivity contribution in [2.75, 3.05) is 0 Å². The monoisotopic (exact) mass is 896 g/mol. The van der Waals surface area contributed by atoms with Crippen LogP contribution < -0.4 is 0 Å². The standard InChI is InChI=1S/2C29H24N2OS/c2*32-27-29(25-17-9-3-10-18-25,26-19-11-4-12-20-26)30-28(33-22-24-15-7-2-8-16-24)31(27)21-23-13-5-1-6-14-23/h2*1-20H,21-22H2. The Morgan fingerprint density at radius 1 is 0.318 bits per heavy atom. The van der Waals surface area contributed by atoms with Crippen molar-refractivity contribution in [3.8, 4) is 0 Å². The van der Waals surface area contributed by atoms with Crippen molar-refractivity contribution < 1.29 is 9.59 Å². The van der Waals surface area contributed by atoms with Gasteiger partial charge in [-0.25, -0.2) is 9.98 Å². The second-order valence-electron chi connectivity index (χ2n) is 16.0. The topological polar surface area (TPSA) is 65.3 Å². The van der Waals surface area contributed by atoms with E-state index in [0.717, 1.165) is 55.2 Å². The lowest BCUT2D eigenvalue weighted by atomic mass is 9.83. The number of carbonyl (C=O) groups is 2. The first kappa shape index (κ1) is 44.0. The van der Waals surface area contributed by atoms with E-state index in [-0.39, 0.29) is 11.8 Å². The van der Waals surface area contributed by atoms with Crippen molar-refractivity contribution in [3.63, 3.8) is 0 Å². The summed E-state index contributed by atoms with van der Waals surface area (Å²) >= 11 is 3.23. The maximum absolute atomic E-state index is 14.3. The summed E-state index contributed by atoms with van der Waals surface area (Å²) in [7, 11) is 0. The Morgan fingerprint density at radius 3 is 0.803 bits per heavy atom. The van der Waals surface area contributed by atoms with Gasteiger partial charge in [-0.1, -0.05) is 266 Å². The van der Waals surface area contributed by atoms with E-state index in [0.29, 0.717) is 13.1 Å². The molecule has 2 heterocycles. The van der Waals surface area contributed by atoms with E-state index in [1.54, 1.807) is 23.5 Å². The van der Waals surface area contributed by atoms with Gasteiger partial charge in [0.1, 0.15) is 0 Å². The SMILES string of the molecule is O=C1N(Cc2ccccc2)C(SCc2ccccc2)=NC1(c1ccccc1)c1ccccc1.O=C1N(Cc2ccccc2)C(SCc2ccccc2)=NC1(c1ccccc1)c1ccccc1. The summed E-state index contributed by atoms with van der Waals surface area (Å²) in [6.07, 6.45) is 0. The van der Waals surface area contributed by atoms with Gasteiger partial charge in [-0.3, -0.25) is 19.4 Å². The van der Waals surface area contributed by atoms with Crippen molar-refractivity contribution in [3.05, 3.63) is 287 Å². The fourth-order valence-electron chi connectivity index (χ4n) is 8.35. The van der Waals surface area contributed by atoms with Crippen molar-refractivity contribution in [2.24, 2.45) is 9.98 Å². The van der Waals surface area contributed by atoms with Crippen LogP contribution in [-0.4, -0.2) is 31.9 Å². The molecule has 10 rings (SSSR count). The van der Waals surface area contributed by atoms with Crippen molar-refractivity contribution >= 4 is 45.7 Å². The first-order valence-corrected chi connectivity index (χ1v) is 24.0. The lowest BCUT2D eigenvalue weighted by molar-refractivity contribution is -0.131. The third-order valence-electron chi connectivity index (χ3n) is 11.7. The van der Waals surface area contributed by atoms with Gasteiger partial charge >= 0.3 is 0 Å². The molecule has 6 nitrogen and oxygen atoms in total. The Hall–Kier alpha value is -7.26. The van der Waals surface area contributed by atoms with Gasteiger partial charge in [-0.2, -0.15) is 0 Å². The van der Waals surface area contributed by atoms with Crippen molar-refractivity contribution in [2.45, 2.75) is 35.7 Å². The van der Waals surface area contributed by atoms with Crippen LogP contribution in [-0.2, 0) is 45.3 Å². The predicted octanol–water partition coefficient (Wildman–Crippen LogP) is 12.5. The fraction of sp³-hybridized carbons (Fsp3) is 0.103. The van der Waals surface area contributed by atoms with Crippen LogP contribution in [0.2, 0.25) is 0 Å². The molecule has 0 radical (unpaired) electrons. The van der Waals surface area contributed by atoms with Crippen LogP contribution in [0.25, 0.3) is 0 Å². The van der Waals surface area contributed by atoms with Gasteiger partial charge in [-0.15, -0.1) is 0 Å². The average Bonchev–Trinajstić information content (AvgIpc) is 3.84. The summed E-state index contributed by atoms with van der Waals surface area (Å²) in [5.41, 5.74) is 5.93. The van der Waals surface area contributed by atoms with E-state index in [9.17, 15) is 9.59 Å².